The first-order valence-corrected chi connectivity index (χ1v) is 10.7. The Labute approximate surface area is 185 Å². The van der Waals surface area contributed by atoms with Gasteiger partial charge in [0, 0.05) is 5.56 Å². The largest absolute Gasteiger partial charge is 0.497 e. The fraction of sp³-hybridized carbons (Fsp3) is 0.500. The topological polar surface area (TPSA) is 124 Å². The average molecular weight is 442 g/mol. The molecular formula is C22H26N4O6. The van der Waals surface area contributed by atoms with Crippen LogP contribution in [0.2, 0.25) is 0 Å². The van der Waals surface area contributed by atoms with Crippen LogP contribution in [0.15, 0.2) is 28.8 Å². The third-order valence-electron chi connectivity index (χ3n) is 6.22. The quantitative estimate of drug-likeness (QED) is 0.513. The summed E-state index contributed by atoms with van der Waals surface area (Å²) in [5, 5.41) is 6.68. The van der Waals surface area contributed by atoms with Gasteiger partial charge in [-0.15, -0.1) is 0 Å². The number of carbonyl (C=O) groups is 3. The molecule has 2 aromatic rings. The third-order valence-corrected chi connectivity index (χ3v) is 6.22. The van der Waals surface area contributed by atoms with E-state index >= 15 is 0 Å². The Hall–Kier alpha value is -3.43. The lowest BCUT2D eigenvalue weighted by atomic mass is 9.75. The number of amides is 3. The standard InChI is InChI=1S/C22H26N4O6/c1-3-14-7-9-22(10-8-14)20(28)26(21(29)24-22)12-18(27)31-13-17-23-19(25-32-17)15-5-4-6-16(11-15)30-2/h4-6,11,14H,3,7-10,12-13H2,1-2H3,(H,24,29). The highest BCUT2D eigenvalue weighted by Gasteiger charge is 2.52. The second-order valence-electron chi connectivity index (χ2n) is 8.16. The lowest BCUT2D eigenvalue weighted by molar-refractivity contribution is -0.149. The van der Waals surface area contributed by atoms with Crippen molar-refractivity contribution in [2.75, 3.05) is 13.7 Å². The second-order valence-corrected chi connectivity index (χ2v) is 8.16. The van der Waals surface area contributed by atoms with Gasteiger partial charge in [-0.1, -0.05) is 30.6 Å². The smallest absolute Gasteiger partial charge is 0.326 e. The van der Waals surface area contributed by atoms with Gasteiger partial charge in [-0.05, 0) is 43.7 Å². The zero-order valence-corrected chi connectivity index (χ0v) is 18.1. The number of hydrogen-bond donors (Lipinski definition) is 1. The summed E-state index contributed by atoms with van der Waals surface area (Å²) in [7, 11) is 1.56. The second kappa shape index (κ2) is 8.97. The summed E-state index contributed by atoms with van der Waals surface area (Å²) in [6.45, 7) is 1.41. The van der Waals surface area contributed by atoms with Gasteiger partial charge in [0.25, 0.3) is 11.8 Å². The third kappa shape index (κ3) is 4.30. The van der Waals surface area contributed by atoms with Crippen LogP contribution in [0.25, 0.3) is 11.4 Å². The van der Waals surface area contributed by atoms with Crippen molar-refractivity contribution in [1.29, 1.82) is 0 Å². The predicted octanol–water partition coefficient (Wildman–Crippen LogP) is 2.68. The van der Waals surface area contributed by atoms with Gasteiger partial charge in [0.2, 0.25) is 5.82 Å². The van der Waals surface area contributed by atoms with Crippen molar-refractivity contribution in [1.82, 2.24) is 20.4 Å². The number of esters is 1. The fourth-order valence-electron chi connectivity index (χ4n) is 4.25. The van der Waals surface area contributed by atoms with E-state index in [0.29, 0.717) is 35.9 Å². The maximum atomic E-state index is 12.9. The summed E-state index contributed by atoms with van der Waals surface area (Å²) in [5.74, 6) is 0.563. The van der Waals surface area contributed by atoms with Crippen LogP contribution in [0, 0.1) is 5.92 Å². The van der Waals surface area contributed by atoms with Gasteiger partial charge >= 0.3 is 12.0 Å². The molecule has 10 nitrogen and oxygen atoms in total. The molecule has 1 aromatic carbocycles. The number of imide groups is 1. The lowest BCUT2D eigenvalue weighted by Crippen LogP contribution is -2.49. The van der Waals surface area contributed by atoms with Crippen molar-refractivity contribution in [3.05, 3.63) is 30.2 Å². The van der Waals surface area contributed by atoms with Gasteiger partial charge in [-0.3, -0.25) is 14.5 Å². The Morgan fingerprint density at radius 3 is 2.81 bits per heavy atom. The number of nitrogens with zero attached hydrogens (tertiary/aromatic N) is 3. The van der Waals surface area contributed by atoms with Gasteiger partial charge < -0.3 is 19.3 Å². The van der Waals surface area contributed by atoms with Gasteiger partial charge in [0.05, 0.1) is 7.11 Å². The number of nitrogens with one attached hydrogen (secondary N) is 1. The van der Waals surface area contributed by atoms with Crippen LogP contribution in [0.3, 0.4) is 0 Å². The van der Waals surface area contributed by atoms with Crippen molar-refractivity contribution in [3.63, 3.8) is 0 Å². The summed E-state index contributed by atoms with van der Waals surface area (Å²) in [5.41, 5.74) is -0.200. The molecule has 2 fully saturated rings. The van der Waals surface area contributed by atoms with Gasteiger partial charge in [0.1, 0.15) is 17.8 Å². The minimum Gasteiger partial charge on any atom is -0.497 e. The number of ether oxygens (including phenoxy) is 2. The molecule has 1 aliphatic carbocycles. The summed E-state index contributed by atoms with van der Waals surface area (Å²) in [4.78, 5) is 42.7. The summed E-state index contributed by atoms with van der Waals surface area (Å²) >= 11 is 0. The Bertz CT molecular complexity index is 1010. The first-order valence-electron chi connectivity index (χ1n) is 10.7. The molecule has 4 rings (SSSR count). The van der Waals surface area contributed by atoms with E-state index in [1.165, 1.54) is 0 Å². The summed E-state index contributed by atoms with van der Waals surface area (Å²) in [6, 6.07) is 6.58. The molecule has 170 valence electrons. The SMILES string of the molecule is CCC1CCC2(CC1)NC(=O)N(CC(=O)OCc1nc(-c3cccc(OC)c3)no1)C2=O. The van der Waals surface area contributed by atoms with Gasteiger partial charge in [-0.25, -0.2) is 4.79 Å². The molecule has 2 heterocycles. The highest BCUT2D eigenvalue weighted by molar-refractivity contribution is 6.08. The van der Waals surface area contributed by atoms with Crippen LogP contribution in [-0.2, 0) is 20.9 Å². The van der Waals surface area contributed by atoms with Crippen LogP contribution in [0.4, 0.5) is 4.79 Å². The molecule has 1 aliphatic heterocycles. The highest BCUT2D eigenvalue weighted by Crippen LogP contribution is 2.37. The molecule has 0 unspecified atom stereocenters. The number of rotatable bonds is 7. The van der Waals surface area contributed by atoms with E-state index in [9.17, 15) is 14.4 Å². The van der Waals surface area contributed by atoms with E-state index in [1.807, 2.05) is 0 Å². The van der Waals surface area contributed by atoms with E-state index in [4.69, 9.17) is 14.0 Å². The summed E-state index contributed by atoms with van der Waals surface area (Å²) < 4.78 is 15.5. The highest BCUT2D eigenvalue weighted by atomic mass is 16.6. The molecule has 3 amide bonds. The maximum absolute atomic E-state index is 12.9. The number of hydrogen-bond acceptors (Lipinski definition) is 8. The van der Waals surface area contributed by atoms with E-state index in [2.05, 4.69) is 22.4 Å². The lowest BCUT2D eigenvalue weighted by Gasteiger charge is -2.34. The van der Waals surface area contributed by atoms with Gasteiger partial charge in [0.15, 0.2) is 6.61 Å². The van der Waals surface area contributed by atoms with Gasteiger partial charge in [-0.2, -0.15) is 4.98 Å². The average Bonchev–Trinajstić information content (AvgIpc) is 3.38. The van der Waals surface area contributed by atoms with Crippen LogP contribution in [0.5, 0.6) is 5.75 Å². The monoisotopic (exact) mass is 442 g/mol. The molecule has 32 heavy (non-hydrogen) atoms. The number of benzene rings is 1. The number of methoxy groups -OCH3 is 1. The molecule has 1 saturated heterocycles. The van der Waals surface area contributed by atoms with Crippen LogP contribution < -0.4 is 10.1 Å². The minimum absolute atomic E-state index is 0.0997. The predicted molar refractivity (Wildman–Crippen MR) is 111 cm³/mol. The van der Waals surface area contributed by atoms with Crippen molar-refractivity contribution in [2.24, 2.45) is 5.92 Å². The first kappa shape index (κ1) is 21.8. The Kier molecular flexibility index (Phi) is 6.11. The first-order chi connectivity index (χ1) is 15.4. The van der Waals surface area contributed by atoms with E-state index in [-0.39, 0.29) is 18.4 Å². The Morgan fingerprint density at radius 1 is 1.31 bits per heavy atom. The summed E-state index contributed by atoms with van der Waals surface area (Å²) in [6.07, 6.45) is 4.01. The molecular weight excluding hydrogens is 416 g/mol. The molecule has 0 radical (unpaired) electrons. The van der Waals surface area contributed by atoms with E-state index < -0.39 is 24.1 Å². The molecule has 1 spiro atoms. The number of urea groups is 1. The molecule has 2 aliphatic rings. The molecule has 1 N–H and O–H groups in total. The van der Waals surface area contributed by atoms with Crippen molar-refractivity contribution in [2.45, 2.75) is 51.2 Å². The number of carbonyl (C=O) groups excluding carboxylic acids is 3. The number of aromatic nitrogens is 2. The zero-order valence-electron chi connectivity index (χ0n) is 18.1. The van der Waals surface area contributed by atoms with Crippen LogP contribution >= 0.6 is 0 Å². The maximum Gasteiger partial charge on any atom is 0.326 e. The van der Waals surface area contributed by atoms with Crippen molar-refractivity contribution >= 4 is 17.9 Å². The minimum atomic E-state index is -0.888. The fourth-order valence-corrected chi connectivity index (χ4v) is 4.25. The van der Waals surface area contributed by atoms with Crippen LogP contribution in [0.1, 0.15) is 44.9 Å². The Morgan fingerprint density at radius 2 is 2.09 bits per heavy atom. The zero-order chi connectivity index (χ0) is 22.7. The molecule has 0 bridgehead atoms. The van der Waals surface area contributed by atoms with E-state index in [0.717, 1.165) is 24.2 Å². The molecule has 1 aromatic heterocycles. The van der Waals surface area contributed by atoms with Crippen LogP contribution in [-0.4, -0.2) is 52.1 Å². The van der Waals surface area contributed by atoms with Crippen molar-refractivity contribution < 1.29 is 28.4 Å². The van der Waals surface area contributed by atoms with Crippen molar-refractivity contribution in [3.8, 4) is 17.1 Å². The molecule has 0 atom stereocenters. The van der Waals surface area contributed by atoms with E-state index in [1.54, 1.807) is 31.4 Å². The molecule has 10 heteroatoms. The normalized spacial score (nSPS) is 22.8. The Balaban J connectivity index is 1.32. The molecule has 1 saturated carbocycles.